The zero-order valence-electron chi connectivity index (χ0n) is 10.4. The summed E-state index contributed by atoms with van der Waals surface area (Å²) in [6.45, 7) is 2.56. The fraction of sp³-hybridized carbons (Fsp3) is 0.385. The predicted molar refractivity (Wildman–Crippen MR) is 65.6 cm³/mol. The first-order chi connectivity index (χ1) is 8.50. The maximum absolute atomic E-state index is 11.1. The summed E-state index contributed by atoms with van der Waals surface area (Å²) in [5.74, 6) is -0.743. The molecule has 1 rings (SSSR count). The Hall–Kier alpha value is -1.88. The Morgan fingerprint density at radius 3 is 2.39 bits per heavy atom. The summed E-state index contributed by atoms with van der Waals surface area (Å²) >= 11 is 0. The number of aliphatic hydroxyl groups excluding tert-OH is 1. The van der Waals surface area contributed by atoms with E-state index in [1.165, 1.54) is 13.8 Å². The van der Waals surface area contributed by atoms with E-state index < -0.39 is 18.1 Å². The molecular weight excluding hydrogens is 234 g/mol. The van der Waals surface area contributed by atoms with Crippen LogP contribution >= 0.6 is 0 Å². The molecule has 0 aliphatic rings. The van der Waals surface area contributed by atoms with Crippen LogP contribution in [0.15, 0.2) is 30.3 Å². The maximum Gasteiger partial charge on any atom is 0.302 e. The molecule has 0 aromatic heterocycles. The first-order valence-electron chi connectivity index (χ1n) is 5.64. The van der Waals surface area contributed by atoms with Crippen LogP contribution in [0.25, 0.3) is 0 Å². The summed E-state index contributed by atoms with van der Waals surface area (Å²) < 4.78 is 4.83. The van der Waals surface area contributed by atoms with Crippen molar-refractivity contribution in [3.8, 4) is 0 Å². The molecule has 0 spiro atoms. The Morgan fingerprint density at radius 2 is 1.89 bits per heavy atom. The van der Waals surface area contributed by atoms with Gasteiger partial charge in [-0.15, -0.1) is 0 Å². The largest absolute Gasteiger partial charge is 0.464 e. The monoisotopic (exact) mass is 251 g/mol. The zero-order chi connectivity index (χ0) is 13.5. The number of benzene rings is 1. The van der Waals surface area contributed by atoms with Gasteiger partial charge in [-0.25, -0.2) is 0 Å². The van der Waals surface area contributed by atoms with E-state index in [0.29, 0.717) is 5.56 Å². The van der Waals surface area contributed by atoms with E-state index in [4.69, 9.17) is 4.74 Å². The number of aliphatic hydroxyl groups is 1. The number of carbonyl (C=O) groups excluding carboxylic acids is 2. The minimum atomic E-state index is -0.922. The van der Waals surface area contributed by atoms with E-state index in [1.54, 1.807) is 24.3 Å². The van der Waals surface area contributed by atoms with Crippen LogP contribution in [0.3, 0.4) is 0 Å². The lowest BCUT2D eigenvalue weighted by Crippen LogP contribution is -2.41. The molecule has 0 fully saturated rings. The van der Waals surface area contributed by atoms with Gasteiger partial charge in [0.15, 0.2) is 0 Å². The Morgan fingerprint density at radius 1 is 1.28 bits per heavy atom. The highest BCUT2D eigenvalue weighted by molar-refractivity contribution is 5.73. The van der Waals surface area contributed by atoms with Crippen molar-refractivity contribution in [2.75, 3.05) is 6.61 Å². The molecule has 0 aliphatic heterocycles. The molecule has 18 heavy (non-hydrogen) atoms. The van der Waals surface area contributed by atoms with E-state index in [-0.39, 0.29) is 12.5 Å². The third-order valence-corrected chi connectivity index (χ3v) is 2.38. The molecule has 1 aromatic rings. The minimum absolute atomic E-state index is 0.0645. The topological polar surface area (TPSA) is 75.6 Å². The lowest BCUT2D eigenvalue weighted by atomic mass is 10.0. The molecule has 98 valence electrons. The average Bonchev–Trinajstić information content (AvgIpc) is 2.34. The summed E-state index contributed by atoms with van der Waals surface area (Å²) in [5, 5.41) is 12.7. The second kappa shape index (κ2) is 6.76. The van der Waals surface area contributed by atoms with Crippen molar-refractivity contribution in [3.63, 3.8) is 0 Å². The molecule has 0 aliphatic carbocycles. The summed E-state index contributed by atoms with van der Waals surface area (Å²) in [7, 11) is 0. The van der Waals surface area contributed by atoms with Crippen LogP contribution in [0.2, 0.25) is 0 Å². The molecule has 0 saturated heterocycles. The van der Waals surface area contributed by atoms with E-state index in [9.17, 15) is 14.7 Å². The van der Waals surface area contributed by atoms with Crippen molar-refractivity contribution in [3.05, 3.63) is 35.9 Å². The molecule has 0 bridgehead atoms. The van der Waals surface area contributed by atoms with Crippen LogP contribution in [0, 0.1) is 0 Å². The van der Waals surface area contributed by atoms with Gasteiger partial charge in [-0.1, -0.05) is 30.3 Å². The SMILES string of the molecule is CC(=O)NC(COC(C)=O)C(O)c1ccccc1. The van der Waals surface area contributed by atoms with E-state index in [1.807, 2.05) is 6.07 Å². The number of esters is 1. The lowest BCUT2D eigenvalue weighted by Gasteiger charge is -2.23. The summed E-state index contributed by atoms with van der Waals surface area (Å²) in [5.41, 5.74) is 0.656. The van der Waals surface area contributed by atoms with E-state index >= 15 is 0 Å². The number of amides is 1. The molecule has 0 heterocycles. The summed E-state index contributed by atoms with van der Waals surface area (Å²) in [6.07, 6.45) is -0.922. The van der Waals surface area contributed by atoms with Gasteiger partial charge in [0.2, 0.25) is 5.91 Å². The van der Waals surface area contributed by atoms with Crippen LogP contribution < -0.4 is 5.32 Å². The smallest absolute Gasteiger partial charge is 0.302 e. The number of rotatable bonds is 5. The molecule has 2 N–H and O–H groups in total. The standard InChI is InChI=1S/C13H17NO4/c1-9(15)14-12(8-18-10(2)16)13(17)11-6-4-3-5-7-11/h3-7,12-13,17H,8H2,1-2H3,(H,14,15). The Bertz CT molecular complexity index is 405. The number of ether oxygens (including phenoxy) is 1. The summed E-state index contributed by atoms with van der Waals surface area (Å²) in [6, 6.07) is 8.23. The molecule has 1 amide bonds. The van der Waals surface area contributed by atoms with Crippen molar-refractivity contribution in [2.45, 2.75) is 26.0 Å². The number of carbonyl (C=O) groups is 2. The van der Waals surface area contributed by atoms with Crippen LogP contribution in [-0.2, 0) is 14.3 Å². The highest BCUT2D eigenvalue weighted by Crippen LogP contribution is 2.16. The maximum atomic E-state index is 11.1. The van der Waals surface area contributed by atoms with Gasteiger partial charge in [0, 0.05) is 13.8 Å². The molecule has 0 saturated carbocycles. The van der Waals surface area contributed by atoms with Gasteiger partial charge >= 0.3 is 5.97 Å². The highest BCUT2D eigenvalue weighted by Gasteiger charge is 2.22. The van der Waals surface area contributed by atoms with Crippen molar-refractivity contribution in [1.29, 1.82) is 0 Å². The van der Waals surface area contributed by atoms with Crippen LogP contribution in [0.4, 0.5) is 0 Å². The fourth-order valence-electron chi connectivity index (χ4n) is 1.56. The van der Waals surface area contributed by atoms with Crippen LogP contribution in [-0.4, -0.2) is 29.6 Å². The predicted octanol–water partition coefficient (Wildman–Crippen LogP) is 0.788. The van der Waals surface area contributed by atoms with Gasteiger partial charge in [-0.3, -0.25) is 9.59 Å². The Labute approximate surface area is 106 Å². The molecule has 2 unspecified atom stereocenters. The van der Waals surface area contributed by atoms with E-state index in [0.717, 1.165) is 0 Å². The molecule has 1 aromatic carbocycles. The quantitative estimate of drug-likeness (QED) is 0.759. The lowest BCUT2D eigenvalue weighted by molar-refractivity contribution is -0.143. The van der Waals surface area contributed by atoms with Gasteiger partial charge in [0.1, 0.15) is 12.7 Å². The van der Waals surface area contributed by atoms with E-state index in [2.05, 4.69) is 5.32 Å². The van der Waals surface area contributed by atoms with Crippen molar-refractivity contribution in [1.82, 2.24) is 5.32 Å². The van der Waals surface area contributed by atoms with Crippen molar-refractivity contribution >= 4 is 11.9 Å². The normalized spacial score (nSPS) is 13.5. The van der Waals surface area contributed by atoms with Crippen LogP contribution in [0.1, 0.15) is 25.5 Å². The summed E-state index contributed by atoms with van der Waals surface area (Å²) in [4.78, 5) is 21.8. The molecule has 5 heteroatoms. The zero-order valence-corrected chi connectivity index (χ0v) is 10.4. The van der Waals surface area contributed by atoms with Gasteiger partial charge in [-0.2, -0.15) is 0 Å². The fourth-order valence-corrected chi connectivity index (χ4v) is 1.56. The van der Waals surface area contributed by atoms with Gasteiger partial charge in [0.25, 0.3) is 0 Å². The van der Waals surface area contributed by atoms with Crippen molar-refractivity contribution < 1.29 is 19.4 Å². The Kier molecular flexibility index (Phi) is 5.32. The number of hydrogen-bond acceptors (Lipinski definition) is 4. The third-order valence-electron chi connectivity index (χ3n) is 2.38. The average molecular weight is 251 g/mol. The second-order valence-electron chi connectivity index (χ2n) is 3.97. The third kappa shape index (κ3) is 4.55. The molecule has 2 atom stereocenters. The number of nitrogens with one attached hydrogen (secondary N) is 1. The second-order valence-corrected chi connectivity index (χ2v) is 3.97. The van der Waals surface area contributed by atoms with Crippen LogP contribution in [0.5, 0.6) is 0 Å². The molecule has 5 nitrogen and oxygen atoms in total. The van der Waals surface area contributed by atoms with Gasteiger partial charge in [0.05, 0.1) is 6.04 Å². The molecular formula is C13H17NO4. The highest BCUT2D eigenvalue weighted by atomic mass is 16.5. The van der Waals surface area contributed by atoms with Gasteiger partial charge < -0.3 is 15.2 Å². The molecule has 0 radical (unpaired) electrons. The van der Waals surface area contributed by atoms with Gasteiger partial charge in [-0.05, 0) is 5.56 Å². The Balaban J connectivity index is 2.75. The first-order valence-corrected chi connectivity index (χ1v) is 5.64. The number of hydrogen-bond donors (Lipinski definition) is 2. The van der Waals surface area contributed by atoms with Crippen molar-refractivity contribution in [2.24, 2.45) is 0 Å². The first kappa shape index (κ1) is 14.2. The minimum Gasteiger partial charge on any atom is -0.464 e.